The van der Waals surface area contributed by atoms with Crippen LogP contribution in [0.15, 0.2) is 24.5 Å². The van der Waals surface area contributed by atoms with Crippen LogP contribution >= 0.6 is 0 Å². The zero-order chi connectivity index (χ0) is 12.7. The van der Waals surface area contributed by atoms with Crippen molar-refractivity contribution in [3.05, 3.63) is 35.9 Å². The predicted molar refractivity (Wildman–Crippen MR) is 67.2 cm³/mol. The van der Waals surface area contributed by atoms with Gasteiger partial charge in [0.05, 0.1) is 12.2 Å². The van der Waals surface area contributed by atoms with Crippen LogP contribution in [0.2, 0.25) is 0 Å². The first kappa shape index (κ1) is 11.0. The fourth-order valence-electron chi connectivity index (χ4n) is 2.26. The fraction of sp³-hybridized carbons (Fsp3) is 0.308. The molecule has 0 spiro atoms. The second-order valence-corrected chi connectivity index (χ2v) is 4.60. The van der Waals surface area contributed by atoms with Crippen LogP contribution in [-0.4, -0.2) is 27.2 Å². The van der Waals surface area contributed by atoms with Crippen molar-refractivity contribution in [2.45, 2.75) is 19.9 Å². The van der Waals surface area contributed by atoms with Crippen LogP contribution in [-0.2, 0) is 0 Å². The topological polar surface area (TPSA) is 59.8 Å². The van der Waals surface area contributed by atoms with Crippen molar-refractivity contribution >= 4 is 5.91 Å². The van der Waals surface area contributed by atoms with E-state index in [9.17, 15) is 4.79 Å². The molecule has 0 radical (unpaired) electrons. The first-order chi connectivity index (χ1) is 8.66. The van der Waals surface area contributed by atoms with E-state index in [2.05, 4.69) is 15.4 Å². The lowest BCUT2D eigenvalue weighted by molar-refractivity contribution is 0.0913. The summed E-state index contributed by atoms with van der Waals surface area (Å²) in [5.74, 6) is -0.0601. The summed E-state index contributed by atoms with van der Waals surface area (Å²) in [6, 6.07) is 4.05. The lowest BCUT2D eigenvalue weighted by atomic mass is 10.1. The summed E-state index contributed by atoms with van der Waals surface area (Å²) in [6.45, 7) is 4.60. The first-order valence-electron chi connectivity index (χ1n) is 5.95. The van der Waals surface area contributed by atoms with Crippen LogP contribution in [0, 0.1) is 6.92 Å². The van der Waals surface area contributed by atoms with E-state index in [0.717, 1.165) is 16.8 Å². The number of nitrogens with zero attached hydrogens (tertiary/aromatic N) is 3. The Bertz CT molecular complexity index is 617. The maximum atomic E-state index is 12.0. The van der Waals surface area contributed by atoms with Gasteiger partial charge in [-0.25, -0.2) is 0 Å². The minimum absolute atomic E-state index is 0.0601. The van der Waals surface area contributed by atoms with Crippen molar-refractivity contribution in [2.75, 3.05) is 6.54 Å². The third kappa shape index (κ3) is 1.59. The lowest BCUT2D eigenvalue weighted by Crippen LogP contribution is -2.38. The van der Waals surface area contributed by atoms with Gasteiger partial charge in [0.15, 0.2) is 0 Å². The van der Waals surface area contributed by atoms with Crippen molar-refractivity contribution in [3.63, 3.8) is 0 Å². The molecule has 92 valence electrons. The molecule has 5 heteroatoms. The summed E-state index contributed by atoms with van der Waals surface area (Å²) >= 11 is 0. The van der Waals surface area contributed by atoms with Crippen molar-refractivity contribution < 1.29 is 4.79 Å². The van der Waals surface area contributed by atoms with Crippen molar-refractivity contribution in [3.8, 4) is 11.1 Å². The Morgan fingerprint density at radius 3 is 3.11 bits per heavy atom. The van der Waals surface area contributed by atoms with Gasteiger partial charge >= 0.3 is 0 Å². The van der Waals surface area contributed by atoms with E-state index in [1.54, 1.807) is 17.1 Å². The van der Waals surface area contributed by atoms with Gasteiger partial charge in [-0.2, -0.15) is 5.10 Å². The van der Waals surface area contributed by atoms with Crippen LogP contribution in [0.4, 0.5) is 0 Å². The number of carbonyl (C=O) groups excluding carboxylic acids is 1. The third-order valence-corrected chi connectivity index (χ3v) is 3.19. The molecule has 0 saturated heterocycles. The Morgan fingerprint density at radius 2 is 2.33 bits per heavy atom. The zero-order valence-corrected chi connectivity index (χ0v) is 10.3. The number of pyridine rings is 1. The molecule has 0 aliphatic carbocycles. The highest BCUT2D eigenvalue weighted by molar-refractivity contribution is 5.99. The molecule has 5 nitrogen and oxygen atoms in total. The van der Waals surface area contributed by atoms with Gasteiger partial charge in [0, 0.05) is 24.0 Å². The van der Waals surface area contributed by atoms with Gasteiger partial charge in [0.2, 0.25) is 0 Å². The molecule has 2 aromatic rings. The fourth-order valence-corrected chi connectivity index (χ4v) is 2.26. The molecule has 1 aliphatic heterocycles. The van der Waals surface area contributed by atoms with E-state index < -0.39 is 0 Å². The third-order valence-electron chi connectivity index (χ3n) is 3.19. The average Bonchev–Trinajstić information content (AvgIpc) is 2.80. The van der Waals surface area contributed by atoms with Gasteiger partial charge in [0.25, 0.3) is 5.91 Å². The summed E-state index contributed by atoms with van der Waals surface area (Å²) in [5.41, 5.74) is 3.41. The highest BCUT2D eigenvalue weighted by Crippen LogP contribution is 2.27. The standard InChI is InChI=1S/C13H14N4O/c1-8-5-10(3-4-14-8)11-7-16-17-9(2)6-15-13(18)12(11)17/h3-5,7,9H,6H2,1-2H3,(H,15,18)/t9-/m1/s1. The molecule has 0 bridgehead atoms. The Balaban J connectivity index is 2.17. The Labute approximate surface area is 105 Å². The number of aryl methyl sites for hydroxylation is 1. The number of nitrogens with one attached hydrogen (secondary N) is 1. The van der Waals surface area contributed by atoms with Gasteiger partial charge in [-0.15, -0.1) is 0 Å². The van der Waals surface area contributed by atoms with E-state index in [1.165, 1.54) is 0 Å². The summed E-state index contributed by atoms with van der Waals surface area (Å²) in [4.78, 5) is 16.2. The molecular weight excluding hydrogens is 228 g/mol. The lowest BCUT2D eigenvalue weighted by Gasteiger charge is -2.22. The summed E-state index contributed by atoms with van der Waals surface area (Å²) < 4.78 is 1.80. The number of fused-ring (bicyclic) bond motifs is 1. The monoisotopic (exact) mass is 242 g/mol. The Morgan fingerprint density at radius 1 is 1.50 bits per heavy atom. The largest absolute Gasteiger partial charge is 0.349 e. The maximum absolute atomic E-state index is 12.0. The van der Waals surface area contributed by atoms with Gasteiger partial charge in [-0.3, -0.25) is 14.5 Å². The van der Waals surface area contributed by atoms with E-state index in [0.29, 0.717) is 12.2 Å². The summed E-state index contributed by atoms with van der Waals surface area (Å²) in [6.07, 6.45) is 3.50. The number of carbonyl (C=O) groups is 1. The molecule has 0 fully saturated rings. The number of amides is 1. The van der Waals surface area contributed by atoms with Crippen molar-refractivity contribution in [2.24, 2.45) is 0 Å². The maximum Gasteiger partial charge on any atom is 0.270 e. The second-order valence-electron chi connectivity index (χ2n) is 4.60. The Hall–Kier alpha value is -2.17. The summed E-state index contributed by atoms with van der Waals surface area (Å²) in [7, 11) is 0. The molecule has 1 N–H and O–H groups in total. The normalized spacial score (nSPS) is 18.3. The predicted octanol–water partition coefficient (Wildman–Crippen LogP) is 1.56. The molecule has 1 atom stereocenters. The summed E-state index contributed by atoms with van der Waals surface area (Å²) in [5, 5.41) is 7.21. The smallest absolute Gasteiger partial charge is 0.270 e. The molecule has 1 amide bonds. The number of hydrogen-bond acceptors (Lipinski definition) is 3. The Kier molecular flexibility index (Phi) is 2.40. The minimum Gasteiger partial charge on any atom is -0.349 e. The van der Waals surface area contributed by atoms with E-state index >= 15 is 0 Å². The highest BCUT2D eigenvalue weighted by Gasteiger charge is 2.26. The number of hydrogen-bond donors (Lipinski definition) is 1. The van der Waals surface area contributed by atoms with Gasteiger partial charge in [-0.1, -0.05) is 0 Å². The molecule has 3 rings (SSSR count). The first-order valence-corrected chi connectivity index (χ1v) is 5.95. The quantitative estimate of drug-likeness (QED) is 0.825. The molecule has 0 unspecified atom stereocenters. The number of rotatable bonds is 1. The van der Waals surface area contributed by atoms with Gasteiger partial charge in [-0.05, 0) is 31.5 Å². The SMILES string of the molecule is Cc1cc(-c2cnn3c2C(=O)NC[C@H]3C)ccn1. The molecule has 0 aromatic carbocycles. The van der Waals surface area contributed by atoms with E-state index in [1.807, 2.05) is 26.0 Å². The molecule has 2 aromatic heterocycles. The highest BCUT2D eigenvalue weighted by atomic mass is 16.2. The van der Waals surface area contributed by atoms with Crippen LogP contribution in [0.1, 0.15) is 29.1 Å². The van der Waals surface area contributed by atoms with Crippen LogP contribution in [0.5, 0.6) is 0 Å². The average molecular weight is 242 g/mol. The number of aromatic nitrogens is 3. The van der Waals surface area contributed by atoms with Gasteiger partial charge < -0.3 is 5.32 Å². The molecule has 0 saturated carbocycles. The van der Waals surface area contributed by atoms with Gasteiger partial charge in [0.1, 0.15) is 5.69 Å². The van der Waals surface area contributed by atoms with E-state index in [-0.39, 0.29) is 11.9 Å². The zero-order valence-electron chi connectivity index (χ0n) is 10.3. The second kappa shape index (κ2) is 3.94. The van der Waals surface area contributed by atoms with Crippen molar-refractivity contribution in [1.29, 1.82) is 0 Å². The van der Waals surface area contributed by atoms with Crippen LogP contribution < -0.4 is 5.32 Å². The van der Waals surface area contributed by atoms with E-state index in [4.69, 9.17) is 0 Å². The van der Waals surface area contributed by atoms with Crippen molar-refractivity contribution in [1.82, 2.24) is 20.1 Å². The van der Waals surface area contributed by atoms with Crippen LogP contribution in [0.3, 0.4) is 0 Å². The minimum atomic E-state index is -0.0601. The molecular formula is C13H14N4O. The molecule has 18 heavy (non-hydrogen) atoms. The van der Waals surface area contributed by atoms with Crippen LogP contribution in [0.25, 0.3) is 11.1 Å². The molecule has 3 heterocycles. The molecule has 1 aliphatic rings.